The topological polar surface area (TPSA) is 58.8 Å². The van der Waals surface area contributed by atoms with Crippen molar-refractivity contribution in [1.29, 1.82) is 0 Å². The van der Waals surface area contributed by atoms with E-state index in [0.717, 1.165) is 43.7 Å². The number of carbonyl (C=O) groups is 1. The van der Waals surface area contributed by atoms with Crippen LogP contribution in [-0.2, 0) is 17.6 Å². The third-order valence-electron chi connectivity index (χ3n) is 6.39. The fourth-order valence-electron chi connectivity index (χ4n) is 4.95. The van der Waals surface area contributed by atoms with Crippen LogP contribution in [0.1, 0.15) is 55.8 Å². The summed E-state index contributed by atoms with van der Waals surface area (Å²) in [6, 6.07) is 15.1. The predicted molar refractivity (Wildman–Crippen MR) is 135 cm³/mol. The summed E-state index contributed by atoms with van der Waals surface area (Å²) in [5, 5.41) is 2.00. The normalized spacial score (nSPS) is 20.9. The lowest BCUT2D eigenvalue weighted by atomic mass is 9.81. The fraction of sp³-hybridized carbons (Fsp3) is 0.480. The first-order chi connectivity index (χ1) is 14.4. The van der Waals surface area contributed by atoms with Crippen LogP contribution in [0.25, 0.3) is 0 Å². The number of anilines is 1. The molecule has 2 heterocycles. The van der Waals surface area contributed by atoms with Gasteiger partial charge in [0.1, 0.15) is 5.75 Å². The predicted octanol–water partition coefficient (Wildman–Crippen LogP) is 5.10. The molecule has 2 N–H and O–H groups in total. The molecule has 0 saturated carbocycles. The molecule has 0 aliphatic carbocycles. The molecule has 0 spiro atoms. The quantitative estimate of drug-likeness (QED) is 0.606. The lowest BCUT2D eigenvalue weighted by Crippen LogP contribution is -2.44. The van der Waals surface area contributed by atoms with Crippen molar-refractivity contribution in [3.8, 4) is 5.75 Å². The van der Waals surface area contributed by atoms with Crippen LogP contribution in [0.3, 0.4) is 0 Å². The van der Waals surface area contributed by atoms with Gasteiger partial charge in [-0.15, -0.1) is 24.8 Å². The number of benzene rings is 2. The van der Waals surface area contributed by atoms with Crippen molar-refractivity contribution in [1.82, 2.24) is 5.01 Å². The first kappa shape index (κ1) is 26.5. The Hall–Kier alpha value is -1.79. The first-order valence-electron chi connectivity index (χ1n) is 11.1. The van der Waals surface area contributed by atoms with E-state index in [1.807, 2.05) is 18.1 Å². The Morgan fingerprint density at radius 1 is 1.12 bits per heavy atom. The van der Waals surface area contributed by atoms with Gasteiger partial charge >= 0.3 is 0 Å². The third kappa shape index (κ3) is 5.57. The van der Waals surface area contributed by atoms with Gasteiger partial charge in [0, 0.05) is 25.7 Å². The molecule has 2 unspecified atom stereocenters. The summed E-state index contributed by atoms with van der Waals surface area (Å²) in [7, 11) is 1.88. The molecule has 5 nitrogen and oxygen atoms in total. The molecule has 2 aliphatic rings. The highest BCUT2D eigenvalue weighted by Crippen LogP contribution is 2.40. The largest absolute Gasteiger partial charge is 0.491 e. The van der Waals surface area contributed by atoms with E-state index in [0.29, 0.717) is 12.3 Å². The molecule has 0 radical (unpaired) electrons. The Balaban J connectivity index is 0.00000181. The monoisotopic (exact) mass is 479 g/mol. The molecule has 2 aliphatic heterocycles. The molecule has 1 fully saturated rings. The number of aryl methyl sites for hydroxylation is 1. The summed E-state index contributed by atoms with van der Waals surface area (Å²) in [5.74, 6) is 8.00. The Morgan fingerprint density at radius 2 is 1.84 bits per heavy atom. The van der Waals surface area contributed by atoms with Gasteiger partial charge in [-0.25, -0.2) is 5.01 Å². The van der Waals surface area contributed by atoms with Gasteiger partial charge in [0.25, 0.3) is 0 Å². The second-order valence-corrected chi connectivity index (χ2v) is 8.91. The summed E-state index contributed by atoms with van der Waals surface area (Å²) >= 11 is 0. The SMILES string of the molecule is CC(C)Oc1cc2c(cc1CC1CCCN(N)C1c1ccccc1)N(C)C(=O)CC2.Cl.Cl. The van der Waals surface area contributed by atoms with Gasteiger partial charge in [0.15, 0.2) is 0 Å². The van der Waals surface area contributed by atoms with Gasteiger partial charge in [0.2, 0.25) is 5.91 Å². The van der Waals surface area contributed by atoms with Crippen molar-refractivity contribution in [3.63, 3.8) is 0 Å². The van der Waals surface area contributed by atoms with E-state index in [9.17, 15) is 4.79 Å². The van der Waals surface area contributed by atoms with Gasteiger partial charge in [-0.2, -0.15) is 0 Å². The molecule has 0 bridgehead atoms. The molecule has 2 aromatic carbocycles. The van der Waals surface area contributed by atoms with Crippen LogP contribution in [0.5, 0.6) is 5.75 Å². The molecular formula is C25H35Cl2N3O2. The Morgan fingerprint density at radius 3 is 2.53 bits per heavy atom. The lowest BCUT2D eigenvalue weighted by Gasteiger charge is -2.39. The first-order valence-corrected chi connectivity index (χ1v) is 11.1. The minimum atomic E-state index is 0. The summed E-state index contributed by atoms with van der Waals surface area (Å²) in [4.78, 5) is 14.1. The van der Waals surface area contributed by atoms with Crippen LogP contribution in [0.15, 0.2) is 42.5 Å². The average Bonchev–Trinajstić information content (AvgIpc) is 2.72. The van der Waals surface area contributed by atoms with Crippen LogP contribution >= 0.6 is 24.8 Å². The van der Waals surface area contributed by atoms with Crippen molar-refractivity contribution in [2.45, 2.75) is 58.1 Å². The van der Waals surface area contributed by atoms with E-state index >= 15 is 0 Å². The summed E-state index contributed by atoms with van der Waals surface area (Å²) in [5.41, 5.74) is 4.65. The Bertz CT molecular complexity index is 908. The van der Waals surface area contributed by atoms with Crippen LogP contribution in [0.2, 0.25) is 0 Å². The van der Waals surface area contributed by atoms with E-state index in [2.05, 4.69) is 50.2 Å². The van der Waals surface area contributed by atoms with E-state index in [1.165, 1.54) is 16.7 Å². The zero-order valence-electron chi connectivity index (χ0n) is 19.1. The number of amides is 1. The van der Waals surface area contributed by atoms with E-state index in [4.69, 9.17) is 10.6 Å². The molecule has 32 heavy (non-hydrogen) atoms. The van der Waals surface area contributed by atoms with Crippen molar-refractivity contribution >= 4 is 36.4 Å². The van der Waals surface area contributed by atoms with Crippen molar-refractivity contribution in [2.75, 3.05) is 18.5 Å². The standard InChI is InChI=1S/C25H33N3O2.2ClH/c1-17(2)30-23-16-19-11-12-24(29)27(3)22(19)15-21(23)14-20-10-7-13-28(26)25(20)18-8-5-4-6-9-18;;/h4-6,8-9,15-17,20,25H,7,10-14,26H2,1-3H3;2*1H. The third-order valence-corrected chi connectivity index (χ3v) is 6.39. The van der Waals surface area contributed by atoms with Crippen molar-refractivity contribution in [3.05, 3.63) is 59.2 Å². The maximum absolute atomic E-state index is 12.3. The second-order valence-electron chi connectivity index (χ2n) is 8.91. The van der Waals surface area contributed by atoms with Crippen LogP contribution in [0.4, 0.5) is 5.69 Å². The number of hydrogen-bond acceptors (Lipinski definition) is 4. The van der Waals surface area contributed by atoms with E-state index in [-0.39, 0.29) is 42.9 Å². The van der Waals surface area contributed by atoms with E-state index < -0.39 is 0 Å². The van der Waals surface area contributed by atoms with Gasteiger partial charge in [-0.1, -0.05) is 30.3 Å². The molecule has 2 atom stereocenters. The van der Waals surface area contributed by atoms with Crippen LogP contribution in [0, 0.1) is 5.92 Å². The molecular weight excluding hydrogens is 445 g/mol. The average molecular weight is 480 g/mol. The molecule has 1 amide bonds. The second kappa shape index (κ2) is 11.4. The van der Waals surface area contributed by atoms with Gasteiger partial charge in [-0.3, -0.25) is 10.6 Å². The number of nitrogens with zero attached hydrogens (tertiary/aromatic N) is 2. The molecule has 7 heteroatoms. The van der Waals surface area contributed by atoms with Gasteiger partial charge in [0.05, 0.1) is 12.1 Å². The fourth-order valence-corrected chi connectivity index (χ4v) is 4.95. The van der Waals surface area contributed by atoms with Crippen molar-refractivity contribution < 1.29 is 9.53 Å². The molecule has 4 rings (SSSR count). The van der Waals surface area contributed by atoms with Crippen LogP contribution in [-0.4, -0.2) is 30.6 Å². The number of rotatable bonds is 5. The summed E-state index contributed by atoms with van der Waals surface area (Å²) in [6.07, 6.45) is 4.54. The van der Waals surface area contributed by atoms with E-state index in [1.54, 1.807) is 4.90 Å². The molecule has 2 aromatic rings. The highest BCUT2D eigenvalue weighted by atomic mass is 35.5. The minimum absolute atomic E-state index is 0. The van der Waals surface area contributed by atoms with Gasteiger partial charge < -0.3 is 9.64 Å². The highest BCUT2D eigenvalue weighted by Gasteiger charge is 2.32. The number of piperidine rings is 1. The van der Waals surface area contributed by atoms with Gasteiger partial charge in [-0.05, 0) is 74.3 Å². The van der Waals surface area contributed by atoms with Crippen molar-refractivity contribution in [2.24, 2.45) is 11.8 Å². The number of ether oxygens (including phenoxy) is 1. The van der Waals surface area contributed by atoms with Crippen LogP contribution < -0.4 is 15.5 Å². The zero-order valence-corrected chi connectivity index (χ0v) is 20.8. The number of fused-ring (bicyclic) bond motifs is 1. The summed E-state index contributed by atoms with van der Waals surface area (Å²) < 4.78 is 6.23. The lowest BCUT2D eigenvalue weighted by molar-refractivity contribution is -0.118. The number of halogens is 2. The Kier molecular flexibility index (Phi) is 9.40. The smallest absolute Gasteiger partial charge is 0.227 e. The highest BCUT2D eigenvalue weighted by molar-refractivity contribution is 5.96. The maximum atomic E-state index is 12.3. The number of hydrogen-bond donors (Lipinski definition) is 1. The number of nitrogens with two attached hydrogens (primary N) is 1. The molecule has 1 saturated heterocycles. The zero-order chi connectivity index (χ0) is 21.3. The Labute approximate surface area is 204 Å². The molecule has 0 aromatic heterocycles. The number of carbonyl (C=O) groups excluding carboxylic acids is 1. The maximum Gasteiger partial charge on any atom is 0.227 e. The molecule has 176 valence electrons. The minimum Gasteiger partial charge on any atom is -0.491 e. The summed E-state index contributed by atoms with van der Waals surface area (Å²) in [6.45, 7) is 5.04. The number of hydrazine groups is 1.